The van der Waals surface area contributed by atoms with Crippen LogP contribution in [0, 0.1) is 0 Å². The Morgan fingerprint density at radius 1 is 1.27 bits per heavy atom. The number of para-hydroxylation sites is 1. The van der Waals surface area contributed by atoms with Crippen molar-refractivity contribution in [3.05, 3.63) is 35.6 Å². The zero-order valence-corrected chi connectivity index (χ0v) is 5.74. The van der Waals surface area contributed by atoms with E-state index in [9.17, 15) is 0 Å². The number of nitrogens with one attached hydrogen (secondary N) is 1. The van der Waals surface area contributed by atoms with Crippen LogP contribution in [0.4, 0.5) is 0 Å². The lowest BCUT2D eigenvalue weighted by molar-refractivity contribution is 0.222. The molecule has 54 valence electrons. The first-order valence-corrected chi connectivity index (χ1v) is 3.29. The second kappa shape index (κ2) is 2.20. The fourth-order valence-corrected chi connectivity index (χ4v) is 0.977. The third-order valence-electron chi connectivity index (χ3n) is 1.48. The fraction of sp³-hybridized carbons (Fsp3) is 0. The van der Waals surface area contributed by atoms with Crippen molar-refractivity contribution in [3.8, 4) is 5.75 Å². The van der Waals surface area contributed by atoms with Gasteiger partial charge in [0, 0.05) is 5.56 Å². The molecule has 0 atom stereocenters. The highest BCUT2D eigenvalue weighted by Crippen LogP contribution is 2.21. The molecule has 1 aliphatic heterocycles. The van der Waals surface area contributed by atoms with Crippen molar-refractivity contribution >= 4 is 6.08 Å². The van der Waals surface area contributed by atoms with Gasteiger partial charge in [-0.25, -0.2) is 5.48 Å². The monoisotopic (exact) mass is 146 g/mol. The molecule has 0 bridgehead atoms. The number of rotatable bonds is 0. The minimum Gasteiger partial charge on any atom is -0.380 e. The van der Waals surface area contributed by atoms with E-state index in [0.29, 0.717) is 0 Å². The van der Waals surface area contributed by atoms with Crippen LogP contribution in [0.2, 0.25) is 0 Å². The molecular weight excluding hydrogens is 140 g/mol. The second-order valence-electron chi connectivity index (χ2n) is 2.27. The van der Waals surface area contributed by atoms with Crippen molar-refractivity contribution in [1.29, 1.82) is 0 Å². The first kappa shape index (κ1) is 6.09. The molecule has 0 saturated heterocycles. The Morgan fingerprint density at radius 3 is 3.00 bits per heavy atom. The van der Waals surface area contributed by atoms with Crippen molar-refractivity contribution in [2.75, 3.05) is 0 Å². The van der Waals surface area contributed by atoms with Gasteiger partial charge in [-0.1, -0.05) is 18.2 Å². The molecule has 0 aliphatic carbocycles. The molecule has 11 heavy (non-hydrogen) atoms. The standard InChI is InChI=1S/C8H6N2O/c9-8-5-6-3-1-2-4-7(6)11-10-8/h1-5,10H. The molecule has 0 amide bonds. The molecule has 1 aromatic rings. The Balaban J connectivity index is 2.51. The molecule has 2 radical (unpaired) electrons. The molecule has 0 saturated carbocycles. The van der Waals surface area contributed by atoms with Crippen molar-refractivity contribution in [1.82, 2.24) is 11.2 Å². The smallest absolute Gasteiger partial charge is 0.183 e. The van der Waals surface area contributed by atoms with Crippen LogP contribution in [0.1, 0.15) is 5.56 Å². The van der Waals surface area contributed by atoms with Gasteiger partial charge in [0.05, 0.1) is 0 Å². The summed E-state index contributed by atoms with van der Waals surface area (Å²) >= 11 is 0. The molecule has 0 unspecified atom stereocenters. The Hall–Kier alpha value is -1.64. The van der Waals surface area contributed by atoms with Crippen molar-refractivity contribution in [2.24, 2.45) is 0 Å². The summed E-state index contributed by atoms with van der Waals surface area (Å²) in [7, 11) is 0. The summed E-state index contributed by atoms with van der Waals surface area (Å²) in [5.74, 6) is 0.758. The molecule has 1 heterocycles. The molecule has 1 aromatic carbocycles. The van der Waals surface area contributed by atoms with Crippen LogP contribution in [0.3, 0.4) is 0 Å². The molecule has 0 fully saturated rings. The van der Waals surface area contributed by atoms with E-state index >= 15 is 0 Å². The van der Waals surface area contributed by atoms with Crippen molar-refractivity contribution in [2.45, 2.75) is 0 Å². The maximum absolute atomic E-state index is 8.98. The molecule has 2 rings (SSSR count). The van der Waals surface area contributed by atoms with Gasteiger partial charge in [-0.15, -0.1) is 5.73 Å². The summed E-state index contributed by atoms with van der Waals surface area (Å²) in [4.78, 5) is 4.97. The minimum atomic E-state index is 0.0312. The number of benzene rings is 1. The van der Waals surface area contributed by atoms with E-state index < -0.39 is 0 Å². The van der Waals surface area contributed by atoms with Crippen LogP contribution in [0.15, 0.2) is 30.1 Å². The van der Waals surface area contributed by atoms with Gasteiger partial charge in [0.15, 0.2) is 11.6 Å². The molecule has 1 N–H and O–H groups in total. The Bertz CT molecular complexity index is 307. The van der Waals surface area contributed by atoms with Gasteiger partial charge >= 0.3 is 0 Å². The lowest BCUT2D eigenvalue weighted by atomic mass is 10.2. The Kier molecular flexibility index (Phi) is 1.22. The van der Waals surface area contributed by atoms with E-state index in [2.05, 4.69) is 5.48 Å². The highest BCUT2D eigenvalue weighted by atomic mass is 16.6. The second-order valence-corrected chi connectivity index (χ2v) is 2.27. The molecular formula is C8H6N2O. The quantitative estimate of drug-likeness (QED) is 0.592. The number of nitrogens with zero attached hydrogens (tertiary/aromatic N) is 1. The summed E-state index contributed by atoms with van der Waals surface area (Å²) in [5.41, 5.74) is 12.2. The van der Waals surface area contributed by atoms with E-state index in [0.717, 1.165) is 11.3 Å². The summed E-state index contributed by atoms with van der Waals surface area (Å²) in [6.07, 6.45) is 1.61. The van der Waals surface area contributed by atoms with E-state index in [4.69, 9.17) is 10.6 Å². The number of hydrogen-bond donors (Lipinski definition) is 1. The van der Waals surface area contributed by atoms with Gasteiger partial charge in [0.25, 0.3) is 0 Å². The average molecular weight is 146 g/mol. The van der Waals surface area contributed by atoms with E-state index in [-0.39, 0.29) is 5.82 Å². The van der Waals surface area contributed by atoms with Crippen LogP contribution < -0.4 is 16.1 Å². The van der Waals surface area contributed by atoms with E-state index in [1.807, 2.05) is 24.3 Å². The van der Waals surface area contributed by atoms with Gasteiger partial charge in [0.1, 0.15) is 0 Å². The van der Waals surface area contributed by atoms with Gasteiger partial charge < -0.3 is 4.84 Å². The van der Waals surface area contributed by atoms with Crippen molar-refractivity contribution in [3.63, 3.8) is 0 Å². The predicted molar refractivity (Wildman–Crippen MR) is 40.3 cm³/mol. The first-order chi connectivity index (χ1) is 5.36. The van der Waals surface area contributed by atoms with Gasteiger partial charge in [-0.3, -0.25) is 0 Å². The van der Waals surface area contributed by atoms with Crippen LogP contribution >= 0.6 is 0 Å². The van der Waals surface area contributed by atoms with E-state index in [1.54, 1.807) is 6.08 Å². The number of fused-ring (bicyclic) bond motifs is 1. The topological polar surface area (TPSA) is 43.6 Å². The molecule has 1 aliphatic rings. The summed E-state index contributed by atoms with van der Waals surface area (Å²) in [6.45, 7) is 0. The maximum atomic E-state index is 8.98. The zero-order valence-electron chi connectivity index (χ0n) is 5.74. The predicted octanol–water partition coefficient (Wildman–Crippen LogP) is 0.951. The number of hydroxylamine groups is 1. The minimum absolute atomic E-state index is 0.0312. The SMILES string of the molecule is [N]C1=Cc2ccccc2ON1. The fourth-order valence-electron chi connectivity index (χ4n) is 0.977. The number of hydrogen-bond acceptors (Lipinski definition) is 2. The lowest BCUT2D eigenvalue weighted by Gasteiger charge is -2.13. The Morgan fingerprint density at radius 2 is 2.09 bits per heavy atom. The van der Waals surface area contributed by atoms with Crippen molar-refractivity contribution < 1.29 is 4.84 Å². The van der Waals surface area contributed by atoms with E-state index in [1.165, 1.54) is 0 Å². The molecule has 3 heteroatoms. The lowest BCUT2D eigenvalue weighted by Crippen LogP contribution is -2.21. The third-order valence-corrected chi connectivity index (χ3v) is 1.48. The summed E-state index contributed by atoms with van der Waals surface area (Å²) in [6, 6.07) is 7.45. The highest BCUT2D eigenvalue weighted by molar-refractivity contribution is 5.60. The Labute approximate surface area is 64.4 Å². The molecule has 0 spiro atoms. The molecule has 0 aromatic heterocycles. The van der Waals surface area contributed by atoms with Gasteiger partial charge in [-0.2, -0.15) is 0 Å². The average Bonchev–Trinajstić information content (AvgIpc) is 2.04. The summed E-state index contributed by atoms with van der Waals surface area (Å²) in [5, 5.41) is 0. The van der Waals surface area contributed by atoms with Gasteiger partial charge in [-0.05, 0) is 12.1 Å². The summed E-state index contributed by atoms with van der Waals surface area (Å²) < 4.78 is 0. The van der Waals surface area contributed by atoms with Crippen LogP contribution in [0.25, 0.3) is 6.08 Å². The van der Waals surface area contributed by atoms with Crippen LogP contribution in [0.5, 0.6) is 5.75 Å². The third kappa shape index (κ3) is 1.00. The largest absolute Gasteiger partial charge is 0.380 e. The zero-order chi connectivity index (χ0) is 7.68. The normalized spacial score (nSPS) is 14.0. The maximum Gasteiger partial charge on any atom is 0.183 e. The highest BCUT2D eigenvalue weighted by Gasteiger charge is 2.07. The molecule has 3 nitrogen and oxygen atoms in total. The first-order valence-electron chi connectivity index (χ1n) is 3.29. The van der Waals surface area contributed by atoms with Gasteiger partial charge in [0.2, 0.25) is 0 Å². The van der Waals surface area contributed by atoms with Crippen LogP contribution in [-0.2, 0) is 0 Å². The van der Waals surface area contributed by atoms with Crippen LogP contribution in [-0.4, -0.2) is 0 Å².